The van der Waals surface area contributed by atoms with Crippen LogP contribution >= 0.6 is 11.3 Å². The first kappa shape index (κ1) is 14.7. The first-order valence-corrected chi connectivity index (χ1v) is 8.60. The molecule has 0 aliphatic carbocycles. The van der Waals surface area contributed by atoms with Crippen molar-refractivity contribution >= 4 is 37.0 Å². The summed E-state index contributed by atoms with van der Waals surface area (Å²) in [6.45, 7) is 0. The lowest BCUT2D eigenvalue weighted by atomic mass is 10.3. The number of thiazole rings is 1. The second-order valence-corrected chi connectivity index (χ2v) is 6.92. The van der Waals surface area contributed by atoms with Gasteiger partial charge in [0.2, 0.25) is 0 Å². The molecule has 1 heterocycles. The molecule has 0 aliphatic heterocycles. The highest BCUT2D eigenvalue weighted by Crippen LogP contribution is 2.21. The highest BCUT2D eigenvalue weighted by atomic mass is 32.3. The quantitative estimate of drug-likeness (QED) is 0.830. The van der Waals surface area contributed by atoms with Gasteiger partial charge in [-0.2, -0.15) is 8.42 Å². The molecule has 0 fully saturated rings. The van der Waals surface area contributed by atoms with Crippen molar-refractivity contribution in [3.63, 3.8) is 0 Å². The summed E-state index contributed by atoms with van der Waals surface area (Å²) in [6, 6.07) is 4.20. The van der Waals surface area contributed by atoms with Gasteiger partial charge in [-0.25, -0.2) is 13.4 Å². The standard InChI is InChI=1S/C9H7FN2O5S3/c10-20(15,16)17-7-1-3-8(4-2-7)19(13,14)12-9-11-5-6-18-9/h1-6H,(H,11,12). The van der Waals surface area contributed by atoms with E-state index in [9.17, 15) is 20.7 Å². The number of aromatic nitrogens is 1. The minimum absolute atomic E-state index is 0.142. The van der Waals surface area contributed by atoms with Gasteiger partial charge in [-0.15, -0.1) is 11.3 Å². The molecular weight excluding hydrogens is 331 g/mol. The summed E-state index contributed by atoms with van der Waals surface area (Å²) in [5.41, 5.74) is 0. The van der Waals surface area contributed by atoms with E-state index in [1.54, 1.807) is 5.38 Å². The van der Waals surface area contributed by atoms with Crippen LogP contribution < -0.4 is 8.91 Å². The second kappa shape index (κ2) is 5.34. The van der Waals surface area contributed by atoms with E-state index in [1.807, 2.05) is 0 Å². The number of anilines is 1. The maximum absolute atomic E-state index is 12.3. The molecule has 0 spiro atoms. The molecule has 1 aromatic carbocycles. The molecule has 0 aliphatic rings. The van der Waals surface area contributed by atoms with E-state index in [4.69, 9.17) is 0 Å². The minimum atomic E-state index is -5.14. The number of benzene rings is 1. The third-order valence-corrected chi connectivity index (χ3v) is 4.55. The van der Waals surface area contributed by atoms with Gasteiger partial charge >= 0.3 is 10.5 Å². The maximum Gasteiger partial charge on any atom is 0.488 e. The van der Waals surface area contributed by atoms with E-state index in [1.165, 1.54) is 6.20 Å². The van der Waals surface area contributed by atoms with E-state index in [0.717, 1.165) is 35.6 Å². The fourth-order valence-electron chi connectivity index (χ4n) is 1.24. The Hall–Kier alpha value is -1.72. The van der Waals surface area contributed by atoms with Crippen LogP contribution in [-0.4, -0.2) is 21.8 Å². The van der Waals surface area contributed by atoms with Crippen LogP contribution in [0.1, 0.15) is 0 Å². The van der Waals surface area contributed by atoms with E-state index < -0.39 is 20.5 Å². The molecule has 2 aromatic rings. The van der Waals surface area contributed by atoms with Crippen molar-refractivity contribution in [2.75, 3.05) is 4.72 Å². The molecule has 0 saturated heterocycles. The van der Waals surface area contributed by atoms with Crippen molar-refractivity contribution in [1.82, 2.24) is 4.98 Å². The van der Waals surface area contributed by atoms with Gasteiger partial charge in [0.25, 0.3) is 10.0 Å². The number of hydrogen-bond acceptors (Lipinski definition) is 7. The molecule has 0 radical (unpaired) electrons. The summed E-state index contributed by atoms with van der Waals surface area (Å²) < 4.78 is 62.8. The van der Waals surface area contributed by atoms with Crippen LogP contribution in [0.15, 0.2) is 40.7 Å². The van der Waals surface area contributed by atoms with Crippen molar-refractivity contribution < 1.29 is 24.9 Å². The molecule has 2 rings (SSSR count). The van der Waals surface area contributed by atoms with Gasteiger partial charge in [-0.3, -0.25) is 4.72 Å². The van der Waals surface area contributed by atoms with Gasteiger partial charge < -0.3 is 4.18 Å². The molecule has 108 valence electrons. The average Bonchev–Trinajstić information content (AvgIpc) is 2.79. The number of rotatable bonds is 5. The average molecular weight is 338 g/mol. The predicted molar refractivity (Wildman–Crippen MR) is 70.0 cm³/mol. The Kier molecular flexibility index (Phi) is 3.92. The lowest BCUT2D eigenvalue weighted by Gasteiger charge is -2.05. The normalized spacial score (nSPS) is 12.1. The monoisotopic (exact) mass is 338 g/mol. The first-order valence-electron chi connectivity index (χ1n) is 4.93. The van der Waals surface area contributed by atoms with E-state index >= 15 is 0 Å². The van der Waals surface area contributed by atoms with Crippen LogP contribution in [0.4, 0.5) is 9.02 Å². The Bertz CT molecular complexity index is 785. The lowest BCUT2D eigenvalue weighted by Crippen LogP contribution is -2.12. The molecular formula is C9H7FN2O5S3. The van der Waals surface area contributed by atoms with Crippen LogP contribution in [0.3, 0.4) is 0 Å². The molecule has 11 heteroatoms. The van der Waals surface area contributed by atoms with Crippen molar-refractivity contribution in [1.29, 1.82) is 0 Å². The molecule has 1 aromatic heterocycles. The summed E-state index contributed by atoms with van der Waals surface area (Å²) in [5.74, 6) is -0.333. The Morgan fingerprint density at radius 3 is 2.30 bits per heavy atom. The van der Waals surface area contributed by atoms with Gasteiger partial charge in [-0.05, 0) is 24.3 Å². The van der Waals surface area contributed by atoms with Crippen molar-refractivity contribution in [2.45, 2.75) is 4.90 Å². The third kappa shape index (κ3) is 3.88. The molecule has 0 bridgehead atoms. The summed E-state index contributed by atoms with van der Waals surface area (Å²) in [6.07, 6.45) is 1.44. The van der Waals surface area contributed by atoms with Gasteiger partial charge in [0.05, 0.1) is 4.90 Å². The zero-order valence-electron chi connectivity index (χ0n) is 9.56. The van der Waals surface area contributed by atoms with E-state index in [0.29, 0.717) is 0 Å². The highest BCUT2D eigenvalue weighted by molar-refractivity contribution is 7.93. The Morgan fingerprint density at radius 1 is 1.15 bits per heavy atom. The third-order valence-electron chi connectivity index (χ3n) is 1.98. The predicted octanol–water partition coefficient (Wildman–Crippen LogP) is 1.54. The van der Waals surface area contributed by atoms with Gasteiger partial charge in [0, 0.05) is 11.6 Å². The number of halogens is 1. The fourth-order valence-corrected chi connectivity index (χ4v) is 3.37. The lowest BCUT2D eigenvalue weighted by molar-refractivity contribution is 0.440. The van der Waals surface area contributed by atoms with Crippen LogP contribution in [0, 0.1) is 0 Å². The topological polar surface area (TPSA) is 102 Å². The number of nitrogens with one attached hydrogen (secondary N) is 1. The summed E-state index contributed by atoms with van der Waals surface area (Å²) >= 11 is 1.10. The van der Waals surface area contributed by atoms with Crippen LogP contribution in [0.2, 0.25) is 0 Å². The molecule has 0 amide bonds. The van der Waals surface area contributed by atoms with E-state index in [2.05, 4.69) is 13.9 Å². The Labute approximate surface area is 118 Å². The van der Waals surface area contributed by atoms with Gasteiger partial charge in [-0.1, -0.05) is 3.89 Å². The van der Waals surface area contributed by atoms with Gasteiger partial charge in [0.15, 0.2) is 5.13 Å². The van der Waals surface area contributed by atoms with Crippen molar-refractivity contribution in [3.05, 3.63) is 35.8 Å². The zero-order chi connectivity index (χ0) is 14.8. The Balaban J connectivity index is 2.21. The van der Waals surface area contributed by atoms with Crippen LogP contribution in [-0.2, 0) is 20.5 Å². The van der Waals surface area contributed by atoms with Crippen LogP contribution in [0.25, 0.3) is 0 Å². The number of nitrogens with zero attached hydrogens (tertiary/aromatic N) is 1. The fraction of sp³-hybridized carbons (Fsp3) is 0. The van der Waals surface area contributed by atoms with Gasteiger partial charge in [0.1, 0.15) is 5.75 Å². The Morgan fingerprint density at radius 2 is 1.80 bits per heavy atom. The molecule has 7 nitrogen and oxygen atoms in total. The number of sulfonamides is 1. The smallest absolute Gasteiger partial charge is 0.358 e. The summed E-state index contributed by atoms with van der Waals surface area (Å²) in [5, 5.41) is 1.79. The molecule has 1 N–H and O–H groups in total. The van der Waals surface area contributed by atoms with Crippen molar-refractivity contribution in [3.8, 4) is 5.75 Å². The SMILES string of the molecule is O=S(=O)(F)Oc1ccc(S(=O)(=O)Nc2nccs2)cc1. The molecule has 0 unspecified atom stereocenters. The molecule has 20 heavy (non-hydrogen) atoms. The first-order chi connectivity index (χ1) is 9.26. The maximum atomic E-state index is 12.3. The molecule has 0 saturated carbocycles. The van der Waals surface area contributed by atoms with E-state index in [-0.39, 0.29) is 15.8 Å². The highest BCUT2D eigenvalue weighted by Gasteiger charge is 2.16. The molecule has 0 atom stereocenters. The van der Waals surface area contributed by atoms with Crippen molar-refractivity contribution in [2.24, 2.45) is 0 Å². The van der Waals surface area contributed by atoms with Crippen LogP contribution in [0.5, 0.6) is 5.75 Å². The largest absolute Gasteiger partial charge is 0.488 e. The number of hydrogen-bond donors (Lipinski definition) is 1. The summed E-state index contributed by atoms with van der Waals surface area (Å²) in [7, 11) is -8.98. The minimum Gasteiger partial charge on any atom is -0.358 e. The zero-order valence-corrected chi connectivity index (χ0v) is 12.0. The second-order valence-electron chi connectivity index (χ2n) is 3.39. The summed E-state index contributed by atoms with van der Waals surface area (Å²) in [4.78, 5) is 3.63.